The summed E-state index contributed by atoms with van der Waals surface area (Å²) in [5.41, 5.74) is 10.2. The highest BCUT2D eigenvalue weighted by atomic mass is 15.3. The average Bonchev–Trinajstić information content (AvgIpc) is 2.43. The Labute approximate surface area is 123 Å². The van der Waals surface area contributed by atoms with Gasteiger partial charge in [-0.25, -0.2) is 0 Å². The molecule has 0 saturated carbocycles. The Morgan fingerprint density at radius 2 is 1.70 bits per heavy atom. The monoisotopic (exact) mass is 275 g/mol. The van der Waals surface area contributed by atoms with E-state index in [1.165, 1.54) is 16.7 Å². The van der Waals surface area contributed by atoms with E-state index < -0.39 is 0 Å². The van der Waals surface area contributed by atoms with Gasteiger partial charge in [-0.2, -0.15) is 0 Å². The number of piperazine rings is 1. The van der Waals surface area contributed by atoms with Gasteiger partial charge in [0.15, 0.2) is 0 Å². The van der Waals surface area contributed by atoms with Crippen molar-refractivity contribution in [2.45, 2.75) is 39.8 Å². The zero-order valence-electron chi connectivity index (χ0n) is 13.4. The van der Waals surface area contributed by atoms with E-state index in [-0.39, 0.29) is 5.54 Å². The topological polar surface area (TPSA) is 32.5 Å². The summed E-state index contributed by atoms with van der Waals surface area (Å²) in [6, 6.07) is 6.82. The Bertz CT molecular complexity index is 446. The Balaban J connectivity index is 1.90. The molecule has 3 nitrogen and oxygen atoms in total. The van der Waals surface area contributed by atoms with E-state index in [9.17, 15) is 0 Å². The average molecular weight is 275 g/mol. The van der Waals surface area contributed by atoms with E-state index in [0.717, 1.165) is 39.3 Å². The highest BCUT2D eigenvalue weighted by molar-refractivity contribution is 5.29. The molecular weight excluding hydrogens is 246 g/mol. The normalized spacial score (nSPS) is 18.4. The largest absolute Gasteiger partial charge is 0.329 e. The third kappa shape index (κ3) is 3.60. The van der Waals surface area contributed by atoms with Crippen LogP contribution in [0, 0.1) is 13.8 Å². The van der Waals surface area contributed by atoms with Gasteiger partial charge < -0.3 is 5.73 Å². The highest BCUT2D eigenvalue weighted by Gasteiger charge is 2.28. The molecule has 0 radical (unpaired) electrons. The van der Waals surface area contributed by atoms with Gasteiger partial charge in [0, 0.05) is 44.8 Å². The van der Waals surface area contributed by atoms with E-state index in [4.69, 9.17) is 5.73 Å². The molecule has 0 unspecified atom stereocenters. The fourth-order valence-corrected chi connectivity index (χ4v) is 2.80. The van der Waals surface area contributed by atoms with Gasteiger partial charge in [-0.05, 0) is 44.4 Å². The molecule has 1 aliphatic heterocycles. The van der Waals surface area contributed by atoms with Crippen molar-refractivity contribution in [1.82, 2.24) is 9.80 Å². The highest BCUT2D eigenvalue weighted by Crippen LogP contribution is 2.18. The van der Waals surface area contributed by atoms with Crippen LogP contribution in [-0.2, 0) is 6.54 Å². The third-order valence-corrected chi connectivity index (χ3v) is 4.71. The first kappa shape index (κ1) is 15.5. The molecular formula is C17H29N3. The van der Waals surface area contributed by atoms with Crippen LogP contribution in [0.2, 0.25) is 0 Å². The minimum absolute atomic E-state index is 0.131. The molecule has 0 amide bonds. The molecule has 1 aliphatic rings. The van der Waals surface area contributed by atoms with Gasteiger partial charge in [-0.3, -0.25) is 9.80 Å². The van der Waals surface area contributed by atoms with Gasteiger partial charge in [-0.15, -0.1) is 0 Å². The predicted molar refractivity (Wildman–Crippen MR) is 85.9 cm³/mol. The van der Waals surface area contributed by atoms with E-state index in [1.54, 1.807) is 0 Å². The first-order chi connectivity index (χ1) is 9.42. The molecule has 112 valence electrons. The summed E-state index contributed by atoms with van der Waals surface area (Å²) in [6.45, 7) is 15.2. The fourth-order valence-electron chi connectivity index (χ4n) is 2.80. The molecule has 3 heteroatoms. The molecule has 2 rings (SSSR count). The summed E-state index contributed by atoms with van der Waals surface area (Å²) in [7, 11) is 0. The summed E-state index contributed by atoms with van der Waals surface area (Å²) < 4.78 is 0. The number of rotatable bonds is 4. The number of nitrogens with zero attached hydrogens (tertiary/aromatic N) is 2. The standard InChI is InChI=1S/C17H29N3/c1-14-5-6-16(11-15(14)2)12-19-7-9-20(10-8-19)17(3,4)13-18/h5-6,11H,7-10,12-13,18H2,1-4H3. The second-order valence-electron chi connectivity index (χ2n) is 6.70. The molecule has 1 fully saturated rings. The van der Waals surface area contributed by atoms with Crippen molar-refractivity contribution >= 4 is 0 Å². The van der Waals surface area contributed by atoms with E-state index in [1.807, 2.05) is 0 Å². The zero-order valence-corrected chi connectivity index (χ0v) is 13.4. The molecule has 0 bridgehead atoms. The lowest BCUT2D eigenvalue weighted by molar-refractivity contribution is 0.0538. The number of hydrogen-bond donors (Lipinski definition) is 1. The molecule has 1 heterocycles. The first-order valence-corrected chi connectivity index (χ1v) is 7.66. The van der Waals surface area contributed by atoms with E-state index in [0.29, 0.717) is 0 Å². The third-order valence-electron chi connectivity index (χ3n) is 4.71. The smallest absolute Gasteiger partial charge is 0.0276 e. The van der Waals surface area contributed by atoms with Crippen LogP contribution in [0.1, 0.15) is 30.5 Å². The first-order valence-electron chi connectivity index (χ1n) is 7.66. The van der Waals surface area contributed by atoms with Crippen molar-refractivity contribution in [1.29, 1.82) is 0 Å². The SMILES string of the molecule is Cc1ccc(CN2CCN(C(C)(C)CN)CC2)cc1C. The van der Waals surface area contributed by atoms with Crippen molar-refractivity contribution in [3.63, 3.8) is 0 Å². The lowest BCUT2D eigenvalue weighted by Crippen LogP contribution is -2.57. The van der Waals surface area contributed by atoms with Crippen LogP contribution in [0.15, 0.2) is 18.2 Å². The molecule has 1 saturated heterocycles. The molecule has 0 aromatic heterocycles. The second kappa shape index (κ2) is 6.25. The Morgan fingerprint density at radius 1 is 1.05 bits per heavy atom. The Kier molecular flexibility index (Phi) is 4.84. The van der Waals surface area contributed by atoms with Crippen LogP contribution in [0.5, 0.6) is 0 Å². The van der Waals surface area contributed by atoms with Crippen LogP contribution >= 0.6 is 0 Å². The maximum absolute atomic E-state index is 5.87. The van der Waals surface area contributed by atoms with Gasteiger partial charge in [-0.1, -0.05) is 18.2 Å². The van der Waals surface area contributed by atoms with Crippen molar-refractivity contribution in [3.05, 3.63) is 34.9 Å². The van der Waals surface area contributed by atoms with Crippen LogP contribution in [0.4, 0.5) is 0 Å². The maximum Gasteiger partial charge on any atom is 0.0276 e. The van der Waals surface area contributed by atoms with E-state index >= 15 is 0 Å². The molecule has 20 heavy (non-hydrogen) atoms. The van der Waals surface area contributed by atoms with E-state index in [2.05, 4.69) is 55.7 Å². The second-order valence-corrected chi connectivity index (χ2v) is 6.70. The molecule has 0 atom stereocenters. The van der Waals surface area contributed by atoms with Crippen molar-refractivity contribution in [2.75, 3.05) is 32.7 Å². The minimum Gasteiger partial charge on any atom is -0.329 e. The quantitative estimate of drug-likeness (QED) is 0.914. The zero-order chi connectivity index (χ0) is 14.8. The van der Waals surface area contributed by atoms with Crippen LogP contribution < -0.4 is 5.73 Å². The summed E-state index contributed by atoms with van der Waals surface area (Å²) in [5, 5.41) is 0. The fraction of sp³-hybridized carbons (Fsp3) is 0.647. The number of nitrogens with two attached hydrogens (primary N) is 1. The summed E-state index contributed by atoms with van der Waals surface area (Å²) in [4.78, 5) is 5.07. The molecule has 1 aromatic carbocycles. The molecule has 0 spiro atoms. The van der Waals surface area contributed by atoms with Gasteiger partial charge in [0.2, 0.25) is 0 Å². The molecule has 2 N–H and O–H groups in total. The maximum atomic E-state index is 5.87. The number of benzene rings is 1. The summed E-state index contributed by atoms with van der Waals surface area (Å²) >= 11 is 0. The number of hydrogen-bond acceptors (Lipinski definition) is 3. The van der Waals surface area contributed by atoms with Gasteiger partial charge >= 0.3 is 0 Å². The summed E-state index contributed by atoms with van der Waals surface area (Å²) in [5.74, 6) is 0. The van der Waals surface area contributed by atoms with Gasteiger partial charge in [0.05, 0.1) is 0 Å². The van der Waals surface area contributed by atoms with Gasteiger partial charge in [0.25, 0.3) is 0 Å². The molecule has 0 aliphatic carbocycles. The summed E-state index contributed by atoms with van der Waals surface area (Å²) in [6.07, 6.45) is 0. The van der Waals surface area contributed by atoms with Crippen LogP contribution in [0.25, 0.3) is 0 Å². The van der Waals surface area contributed by atoms with Crippen LogP contribution in [0.3, 0.4) is 0 Å². The molecule has 1 aromatic rings. The Hall–Kier alpha value is -0.900. The van der Waals surface area contributed by atoms with Gasteiger partial charge in [0.1, 0.15) is 0 Å². The van der Waals surface area contributed by atoms with Crippen LogP contribution in [-0.4, -0.2) is 48.1 Å². The van der Waals surface area contributed by atoms with Crippen molar-refractivity contribution in [3.8, 4) is 0 Å². The lowest BCUT2D eigenvalue weighted by Gasteiger charge is -2.43. The predicted octanol–water partition coefficient (Wildman–Crippen LogP) is 2.16. The van der Waals surface area contributed by atoms with Crippen molar-refractivity contribution < 1.29 is 0 Å². The number of aryl methyl sites for hydroxylation is 2. The minimum atomic E-state index is 0.131. The van der Waals surface area contributed by atoms with Crippen molar-refractivity contribution in [2.24, 2.45) is 5.73 Å². The lowest BCUT2D eigenvalue weighted by atomic mass is 10.0. The Morgan fingerprint density at radius 3 is 2.25 bits per heavy atom.